The molecule has 1 aromatic rings. The van der Waals surface area contributed by atoms with Gasteiger partial charge in [-0.3, -0.25) is 0 Å². The van der Waals surface area contributed by atoms with Gasteiger partial charge in [0.1, 0.15) is 0 Å². The smallest absolute Gasteiger partial charge is 0.0720 e. The van der Waals surface area contributed by atoms with Gasteiger partial charge in [0.15, 0.2) is 0 Å². The molecule has 3 atom stereocenters. The lowest BCUT2D eigenvalue weighted by Gasteiger charge is -2.11. The maximum Gasteiger partial charge on any atom is 0.0720 e. The molecular weight excluding hydrogens is 200 g/mol. The van der Waals surface area contributed by atoms with Gasteiger partial charge in [0.25, 0.3) is 0 Å². The maximum atomic E-state index is 9.71. The molecule has 0 radical (unpaired) electrons. The Morgan fingerprint density at radius 2 is 2.06 bits per heavy atom. The quantitative estimate of drug-likeness (QED) is 0.787. The first-order valence-electron chi connectivity index (χ1n) is 5.75. The molecule has 0 unspecified atom stereocenters. The SMILES string of the molecule is C=C[C@@H]1C[C@@H](OCc2ccccc2)C[C@@H]1O. The van der Waals surface area contributed by atoms with Crippen LogP contribution in [0.15, 0.2) is 43.0 Å². The molecule has 16 heavy (non-hydrogen) atoms. The van der Waals surface area contributed by atoms with Gasteiger partial charge >= 0.3 is 0 Å². The third kappa shape index (κ3) is 2.71. The van der Waals surface area contributed by atoms with E-state index in [0.717, 1.165) is 12.8 Å². The van der Waals surface area contributed by atoms with Crippen LogP contribution in [0.1, 0.15) is 18.4 Å². The normalized spacial score (nSPS) is 29.2. The van der Waals surface area contributed by atoms with Crippen LogP contribution in [0.2, 0.25) is 0 Å². The van der Waals surface area contributed by atoms with Crippen LogP contribution in [0.3, 0.4) is 0 Å². The number of benzene rings is 1. The van der Waals surface area contributed by atoms with Crippen molar-refractivity contribution in [3.63, 3.8) is 0 Å². The molecule has 1 fully saturated rings. The van der Waals surface area contributed by atoms with E-state index in [0.29, 0.717) is 6.61 Å². The third-order valence-corrected chi connectivity index (χ3v) is 3.16. The van der Waals surface area contributed by atoms with Gasteiger partial charge in [-0.1, -0.05) is 36.4 Å². The van der Waals surface area contributed by atoms with Gasteiger partial charge in [0.2, 0.25) is 0 Å². The number of hydrogen-bond donors (Lipinski definition) is 1. The first kappa shape index (κ1) is 11.4. The zero-order valence-corrected chi connectivity index (χ0v) is 9.38. The van der Waals surface area contributed by atoms with Crippen molar-refractivity contribution in [1.29, 1.82) is 0 Å². The Hall–Kier alpha value is -1.12. The van der Waals surface area contributed by atoms with Gasteiger partial charge < -0.3 is 9.84 Å². The Bertz CT molecular complexity index is 334. The lowest BCUT2D eigenvalue weighted by Crippen LogP contribution is -2.10. The molecule has 0 spiro atoms. The van der Waals surface area contributed by atoms with Gasteiger partial charge in [-0.2, -0.15) is 0 Å². The first-order chi connectivity index (χ1) is 7.79. The van der Waals surface area contributed by atoms with Crippen molar-refractivity contribution in [3.05, 3.63) is 48.6 Å². The highest BCUT2D eigenvalue weighted by molar-refractivity contribution is 5.13. The zero-order chi connectivity index (χ0) is 11.4. The molecule has 2 nitrogen and oxygen atoms in total. The molecule has 0 aromatic heterocycles. The van der Waals surface area contributed by atoms with Gasteiger partial charge in [0, 0.05) is 12.3 Å². The highest BCUT2D eigenvalue weighted by Crippen LogP contribution is 2.29. The van der Waals surface area contributed by atoms with E-state index in [9.17, 15) is 5.11 Å². The summed E-state index contributed by atoms with van der Waals surface area (Å²) < 4.78 is 5.78. The van der Waals surface area contributed by atoms with Gasteiger partial charge in [-0.25, -0.2) is 0 Å². The van der Waals surface area contributed by atoms with Gasteiger partial charge in [-0.15, -0.1) is 6.58 Å². The van der Waals surface area contributed by atoms with Crippen LogP contribution >= 0.6 is 0 Å². The van der Waals surface area contributed by atoms with E-state index >= 15 is 0 Å². The summed E-state index contributed by atoms with van der Waals surface area (Å²) in [5, 5.41) is 9.71. The Morgan fingerprint density at radius 3 is 2.69 bits per heavy atom. The summed E-state index contributed by atoms with van der Waals surface area (Å²) in [4.78, 5) is 0. The van der Waals surface area contributed by atoms with Crippen molar-refractivity contribution in [2.75, 3.05) is 0 Å². The number of aliphatic hydroxyl groups excluding tert-OH is 1. The molecule has 1 saturated carbocycles. The van der Waals surface area contributed by atoms with Crippen molar-refractivity contribution in [2.45, 2.75) is 31.7 Å². The molecule has 1 aliphatic rings. The van der Waals surface area contributed by atoms with E-state index in [2.05, 4.69) is 18.7 Å². The van der Waals surface area contributed by atoms with Crippen LogP contribution < -0.4 is 0 Å². The molecule has 86 valence electrons. The van der Waals surface area contributed by atoms with Crippen molar-refractivity contribution in [2.24, 2.45) is 5.92 Å². The molecule has 2 rings (SSSR count). The molecule has 1 N–H and O–H groups in total. The standard InChI is InChI=1S/C14H18O2/c1-2-12-8-13(9-14(12)15)16-10-11-6-4-3-5-7-11/h2-7,12-15H,1,8-10H2/t12-,13-,14+/m1/s1. The van der Waals surface area contributed by atoms with E-state index in [1.54, 1.807) is 0 Å². The second-order valence-electron chi connectivity index (χ2n) is 4.36. The van der Waals surface area contributed by atoms with Crippen molar-refractivity contribution < 1.29 is 9.84 Å². The highest BCUT2D eigenvalue weighted by Gasteiger charge is 2.31. The third-order valence-electron chi connectivity index (χ3n) is 3.16. The number of hydrogen-bond acceptors (Lipinski definition) is 2. The molecule has 1 aromatic carbocycles. The van der Waals surface area contributed by atoms with Crippen LogP contribution in [0.4, 0.5) is 0 Å². The maximum absolute atomic E-state index is 9.71. The topological polar surface area (TPSA) is 29.5 Å². The van der Waals surface area contributed by atoms with Gasteiger partial charge in [-0.05, 0) is 12.0 Å². The molecule has 0 bridgehead atoms. The summed E-state index contributed by atoms with van der Waals surface area (Å²) in [5.74, 6) is 0.195. The summed E-state index contributed by atoms with van der Waals surface area (Å²) in [6.07, 6.45) is 3.33. The Kier molecular flexibility index (Phi) is 3.75. The molecule has 0 saturated heterocycles. The predicted octanol–water partition coefficient (Wildman–Crippen LogP) is 2.53. The molecule has 0 heterocycles. The fourth-order valence-corrected chi connectivity index (χ4v) is 2.18. The predicted molar refractivity (Wildman–Crippen MR) is 63.9 cm³/mol. The summed E-state index contributed by atoms with van der Waals surface area (Å²) in [5.41, 5.74) is 1.18. The first-order valence-corrected chi connectivity index (χ1v) is 5.75. The van der Waals surface area contributed by atoms with Crippen molar-refractivity contribution in [3.8, 4) is 0 Å². The minimum absolute atomic E-state index is 0.165. The number of ether oxygens (including phenoxy) is 1. The van der Waals surface area contributed by atoms with Crippen molar-refractivity contribution >= 4 is 0 Å². The summed E-state index contributed by atoms with van der Waals surface area (Å²) >= 11 is 0. The fraction of sp³-hybridized carbons (Fsp3) is 0.429. The molecule has 2 heteroatoms. The highest BCUT2D eigenvalue weighted by atomic mass is 16.5. The monoisotopic (exact) mass is 218 g/mol. The molecular formula is C14H18O2. The molecule has 0 amide bonds. The van der Waals surface area contributed by atoms with Crippen LogP contribution in [-0.4, -0.2) is 17.3 Å². The average molecular weight is 218 g/mol. The summed E-state index contributed by atoms with van der Waals surface area (Å²) in [6, 6.07) is 10.1. The van der Waals surface area contributed by atoms with E-state index < -0.39 is 0 Å². The molecule has 0 aliphatic heterocycles. The van der Waals surface area contributed by atoms with Crippen LogP contribution in [0.25, 0.3) is 0 Å². The van der Waals surface area contributed by atoms with Crippen LogP contribution in [0.5, 0.6) is 0 Å². The Morgan fingerprint density at radius 1 is 1.31 bits per heavy atom. The lowest BCUT2D eigenvalue weighted by atomic mass is 10.1. The number of rotatable bonds is 4. The summed E-state index contributed by atoms with van der Waals surface area (Å²) in [7, 11) is 0. The number of aliphatic hydroxyl groups is 1. The largest absolute Gasteiger partial charge is 0.392 e. The summed E-state index contributed by atoms with van der Waals surface area (Å²) in [6.45, 7) is 4.36. The lowest BCUT2D eigenvalue weighted by molar-refractivity contribution is 0.0357. The van der Waals surface area contributed by atoms with E-state index in [4.69, 9.17) is 4.74 Å². The van der Waals surface area contributed by atoms with Gasteiger partial charge in [0.05, 0.1) is 18.8 Å². The fourth-order valence-electron chi connectivity index (χ4n) is 2.18. The van der Waals surface area contributed by atoms with Crippen LogP contribution in [0, 0.1) is 5.92 Å². The minimum atomic E-state index is -0.279. The average Bonchev–Trinajstić information content (AvgIpc) is 2.69. The Balaban J connectivity index is 1.82. The second kappa shape index (κ2) is 5.28. The minimum Gasteiger partial charge on any atom is -0.392 e. The van der Waals surface area contributed by atoms with E-state index in [1.165, 1.54) is 5.56 Å². The second-order valence-corrected chi connectivity index (χ2v) is 4.36. The zero-order valence-electron chi connectivity index (χ0n) is 9.38. The van der Waals surface area contributed by atoms with Crippen LogP contribution in [-0.2, 0) is 11.3 Å². The van der Waals surface area contributed by atoms with E-state index in [-0.39, 0.29) is 18.1 Å². The van der Waals surface area contributed by atoms with Crippen molar-refractivity contribution in [1.82, 2.24) is 0 Å². The van der Waals surface area contributed by atoms with E-state index in [1.807, 2.05) is 24.3 Å². The Labute approximate surface area is 96.6 Å². The molecule has 1 aliphatic carbocycles.